The van der Waals surface area contributed by atoms with Crippen molar-refractivity contribution in [3.05, 3.63) is 29.3 Å². The van der Waals surface area contributed by atoms with Crippen molar-refractivity contribution >= 4 is 49.7 Å². The van der Waals surface area contributed by atoms with Crippen LogP contribution >= 0.6 is 15.6 Å². The second-order valence-electron chi connectivity index (χ2n) is 11.2. The summed E-state index contributed by atoms with van der Waals surface area (Å²) in [7, 11) is -10.1. The van der Waals surface area contributed by atoms with Gasteiger partial charge in [-0.25, -0.2) is 29.1 Å². The van der Waals surface area contributed by atoms with Crippen LogP contribution in [0.15, 0.2) is 23.8 Å². The van der Waals surface area contributed by atoms with Gasteiger partial charge in [-0.2, -0.15) is 4.98 Å². The van der Waals surface area contributed by atoms with Crippen LogP contribution in [0.25, 0.3) is 22.3 Å². The van der Waals surface area contributed by atoms with Crippen LogP contribution in [0.3, 0.4) is 0 Å². The zero-order chi connectivity index (χ0) is 34.0. The summed E-state index contributed by atoms with van der Waals surface area (Å²) in [5, 5.41) is 20.8. The predicted octanol–water partition coefficient (Wildman–Crippen LogP) is -1.31. The van der Waals surface area contributed by atoms with E-state index in [4.69, 9.17) is 39.0 Å². The highest BCUT2D eigenvalue weighted by molar-refractivity contribution is 7.47. The van der Waals surface area contributed by atoms with Crippen LogP contribution in [0.4, 0.5) is 11.8 Å². The summed E-state index contributed by atoms with van der Waals surface area (Å²) in [5.41, 5.74) is 11.1. The summed E-state index contributed by atoms with van der Waals surface area (Å²) >= 11 is 0. The standard InChI is InChI=1S/C23H30N10O13P2/c24-17-12-18(27-6-26-17)32(7-28-12)21-14(35)16-11(44-21)5-42-47(37,38)45-15-9(2-1-3-34)10(4-41-48(39,40)46-16)43-22(15)33-8-29-13-19(33)30-23(25)31-20(13)36/h6-11,14-16,21-22,34-35H,1-5H2,(H,37,38)(H,39,40)(H2,24,26,27)(H3,25,30,31,36)/t9?,10-,11-,14+,15?,16?,21-,22-/m1/s1. The molecule has 3 aliphatic heterocycles. The number of hydrogen-bond acceptors (Lipinski definition) is 18. The maximum Gasteiger partial charge on any atom is 0.472 e. The van der Waals surface area contributed by atoms with Crippen molar-refractivity contribution in [1.29, 1.82) is 0 Å². The fraction of sp³-hybridized carbons (Fsp3) is 0.565. The molecule has 7 heterocycles. The lowest BCUT2D eigenvalue weighted by Crippen LogP contribution is -2.36. The molecule has 7 rings (SSSR count). The van der Waals surface area contributed by atoms with E-state index in [0.29, 0.717) is 0 Å². The van der Waals surface area contributed by atoms with E-state index < -0.39 is 83.3 Å². The molecule has 0 aliphatic carbocycles. The molecule has 48 heavy (non-hydrogen) atoms. The molecule has 0 amide bonds. The molecule has 0 saturated carbocycles. The number of nitrogen functional groups attached to an aromatic ring is 2. The monoisotopic (exact) mass is 716 g/mol. The van der Waals surface area contributed by atoms with Crippen molar-refractivity contribution in [2.75, 3.05) is 31.3 Å². The van der Waals surface area contributed by atoms with Crippen molar-refractivity contribution in [3.63, 3.8) is 0 Å². The van der Waals surface area contributed by atoms with E-state index in [9.17, 15) is 33.9 Å². The van der Waals surface area contributed by atoms with E-state index in [1.807, 2.05) is 0 Å². The molecule has 23 nitrogen and oxygen atoms in total. The number of nitrogens with zero attached hydrogens (tertiary/aromatic N) is 7. The first kappa shape index (κ1) is 33.1. The Morgan fingerprint density at radius 3 is 2.27 bits per heavy atom. The Bertz CT molecular complexity index is 1990. The van der Waals surface area contributed by atoms with Gasteiger partial charge in [-0.1, -0.05) is 0 Å². The van der Waals surface area contributed by atoms with Gasteiger partial charge in [-0.15, -0.1) is 0 Å². The van der Waals surface area contributed by atoms with Gasteiger partial charge in [0, 0.05) is 12.5 Å². The second kappa shape index (κ2) is 12.5. The van der Waals surface area contributed by atoms with Gasteiger partial charge in [-0.3, -0.25) is 37.0 Å². The number of phosphoric acid groups is 2. The fourth-order valence-electron chi connectivity index (χ4n) is 6.08. The number of aromatic nitrogens is 8. The number of H-pyrrole nitrogens is 1. The topological polar surface area (TPSA) is 330 Å². The Balaban J connectivity index is 1.23. The van der Waals surface area contributed by atoms with Gasteiger partial charge in [0.05, 0.1) is 32.0 Å². The molecule has 5 unspecified atom stereocenters. The lowest BCUT2D eigenvalue weighted by Gasteiger charge is -2.27. The third-order valence-electron chi connectivity index (χ3n) is 8.20. The van der Waals surface area contributed by atoms with E-state index in [1.165, 1.54) is 21.8 Å². The number of aliphatic hydroxyl groups is 2. The number of hydrogen-bond donors (Lipinski definition) is 7. The number of imidazole rings is 2. The second-order valence-corrected chi connectivity index (χ2v) is 14.0. The van der Waals surface area contributed by atoms with Crippen molar-refractivity contribution in [2.24, 2.45) is 5.92 Å². The average molecular weight is 716 g/mol. The molecule has 2 bridgehead atoms. The maximum atomic E-state index is 13.5. The average Bonchev–Trinajstić information content (AvgIpc) is 3.79. The van der Waals surface area contributed by atoms with Crippen LogP contribution in [0, 0.1) is 5.92 Å². The van der Waals surface area contributed by atoms with Gasteiger partial charge in [0.2, 0.25) is 5.95 Å². The third-order valence-corrected chi connectivity index (χ3v) is 10.2. The molecule has 0 spiro atoms. The number of ether oxygens (including phenoxy) is 2. The number of anilines is 2. The molecular formula is C23H30N10O13P2. The zero-order valence-electron chi connectivity index (χ0n) is 24.5. The summed E-state index contributed by atoms with van der Waals surface area (Å²) in [6.07, 6.45) is -6.05. The van der Waals surface area contributed by atoms with Crippen LogP contribution in [-0.4, -0.2) is 109 Å². The molecule has 10 atom stereocenters. The molecule has 4 aromatic rings. The molecule has 260 valence electrons. The van der Waals surface area contributed by atoms with Crippen LogP contribution < -0.4 is 17.0 Å². The highest BCUT2D eigenvalue weighted by Crippen LogP contribution is 2.55. The van der Waals surface area contributed by atoms with E-state index in [2.05, 4.69) is 29.9 Å². The minimum atomic E-state index is -5.05. The number of aromatic amines is 1. The van der Waals surface area contributed by atoms with Crippen molar-refractivity contribution in [2.45, 2.75) is 55.8 Å². The summed E-state index contributed by atoms with van der Waals surface area (Å²) < 4.78 is 63.1. The van der Waals surface area contributed by atoms with Crippen LogP contribution in [0.2, 0.25) is 0 Å². The summed E-state index contributed by atoms with van der Waals surface area (Å²) in [6.45, 7) is -1.69. The van der Waals surface area contributed by atoms with E-state index in [1.54, 1.807) is 0 Å². The molecule has 0 radical (unpaired) electrons. The highest BCUT2D eigenvalue weighted by Gasteiger charge is 2.54. The molecule has 9 N–H and O–H groups in total. The molecule has 4 aromatic heterocycles. The predicted molar refractivity (Wildman–Crippen MR) is 157 cm³/mol. The summed E-state index contributed by atoms with van der Waals surface area (Å²) in [5.74, 6) is -1.06. The third kappa shape index (κ3) is 6.01. The van der Waals surface area contributed by atoms with Gasteiger partial charge in [0.1, 0.15) is 36.3 Å². The van der Waals surface area contributed by atoms with E-state index >= 15 is 0 Å². The fourth-order valence-corrected chi connectivity index (χ4v) is 8.01. The number of aliphatic hydroxyl groups excluding tert-OH is 2. The molecule has 3 fully saturated rings. The van der Waals surface area contributed by atoms with Crippen molar-refractivity contribution in [1.82, 2.24) is 39.0 Å². The normalized spacial score (nSPS) is 36.1. The van der Waals surface area contributed by atoms with Crippen molar-refractivity contribution in [3.8, 4) is 0 Å². The van der Waals surface area contributed by atoms with Gasteiger partial charge in [0.15, 0.2) is 35.1 Å². The van der Waals surface area contributed by atoms with E-state index in [0.717, 1.165) is 6.33 Å². The molecule has 3 saturated heterocycles. The van der Waals surface area contributed by atoms with Crippen LogP contribution in [-0.2, 0) is 36.7 Å². The first-order chi connectivity index (χ1) is 22.9. The SMILES string of the molecule is Nc1nc2c(ncn2[C@@H]2O[C@@H]3COP(=O)(O)OC4[C@@H](COP(=O)(O)OC2C3CCCO)O[C@@H](n2cnc3c(N)ncnc32)[C@H]4O)c(=O)[nH]1. The Kier molecular flexibility index (Phi) is 8.59. The van der Waals surface area contributed by atoms with E-state index in [-0.39, 0.29) is 53.5 Å². The highest BCUT2D eigenvalue weighted by atomic mass is 31.2. The lowest BCUT2D eigenvalue weighted by atomic mass is 9.93. The molecular weight excluding hydrogens is 686 g/mol. The quantitative estimate of drug-likeness (QED) is 0.118. The van der Waals surface area contributed by atoms with Gasteiger partial charge < -0.3 is 40.9 Å². The largest absolute Gasteiger partial charge is 0.472 e. The minimum absolute atomic E-state index is 0.0437. The van der Waals surface area contributed by atoms with Gasteiger partial charge in [0.25, 0.3) is 5.56 Å². The van der Waals surface area contributed by atoms with Gasteiger partial charge >= 0.3 is 15.6 Å². The van der Waals surface area contributed by atoms with Crippen molar-refractivity contribution < 1.29 is 56.7 Å². The summed E-state index contributed by atoms with van der Waals surface area (Å²) in [4.78, 5) is 56.8. The number of rotatable bonds is 5. The maximum absolute atomic E-state index is 13.5. The zero-order valence-corrected chi connectivity index (χ0v) is 26.3. The summed E-state index contributed by atoms with van der Waals surface area (Å²) in [6, 6.07) is 0. The van der Waals surface area contributed by atoms with Gasteiger partial charge in [-0.05, 0) is 12.8 Å². The smallest absolute Gasteiger partial charge is 0.396 e. The molecule has 3 aliphatic rings. The van der Waals surface area contributed by atoms with Crippen LogP contribution in [0.1, 0.15) is 25.3 Å². The molecule has 0 aromatic carbocycles. The van der Waals surface area contributed by atoms with Crippen LogP contribution in [0.5, 0.6) is 0 Å². The number of phosphoric ester groups is 2. The molecule has 25 heteroatoms. The minimum Gasteiger partial charge on any atom is -0.396 e. The number of nitrogens with two attached hydrogens (primary N) is 2. The first-order valence-corrected chi connectivity index (χ1v) is 17.4. The number of fused-ring (bicyclic) bond motifs is 5. The Labute approximate surface area is 268 Å². The Hall–Kier alpha value is -3.44. The Morgan fingerprint density at radius 1 is 0.896 bits per heavy atom. The first-order valence-electron chi connectivity index (χ1n) is 14.4. The Morgan fingerprint density at radius 2 is 1.54 bits per heavy atom. The number of nitrogens with one attached hydrogen (secondary N) is 1. The lowest BCUT2D eigenvalue weighted by molar-refractivity contribution is -0.0671.